The van der Waals surface area contributed by atoms with Crippen LogP contribution in [0.3, 0.4) is 0 Å². The first-order valence-electron chi connectivity index (χ1n) is 7.03. The highest BCUT2D eigenvalue weighted by Gasteiger charge is 2.05. The summed E-state index contributed by atoms with van der Waals surface area (Å²) in [5.41, 5.74) is 7.83. The fourth-order valence-electron chi connectivity index (χ4n) is 2.18. The van der Waals surface area contributed by atoms with Gasteiger partial charge in [-0.2, -0.15) is 0 Å². The number of anilines is 1. The van der Waals surface area contributed by atoms with Gasteiger partial charge in [0.05, 0.1) is 11.6 Å². The van der Waals surface area contributed by atoms with E-state index in [0.29, 0.717) is 6.61 Å². The Bertz CT molecular complexity index is 718. The first-order chi connectivity index (χ1) is 10.2. The van der Waals surface area contributed by atoms with Crippen LogP contribution in [0.1, 0.15) is 13.3 Å². The number of benzene rings is 2. The van der Waals surface area contributed by atoms with Gasteiger partial charge in [0.15, 0.2) is 0 Å². The number of ether oxygens (including phenoxy) is 1. The summed E-state index contributed by atoms with van der Waals surface area (Å²) in [6.07, 6.45) is 0.985. The summed E-state index contributed by atoms with van der Waals surface area (Å²) in [7, 11) is 0. The van der Waals surface area contributed by atoms with Gasteiger partial charge in [-0.15, -0.1) is 0 Å². The van der Waals surface area contributed by atoms with Crippen LogP contribution in [0.25, 0.3) is 10.9 Å². The Morgan fingerprint density at radius 3 is 2.81 bits per heavy atom. The van der Waals surface area contributed by atoms with Crippen LogP contribution in [0.2, 0.25) is 0 Å². The lowest BCUT2D eigenvalue weighted by Gasteiger charge is -2.08. The third kappa shape index (κ3) is 3.34. The molecule has 0 unspecified atom stereocenters. The number of nitrogens with two attached hydrogens (primary N) is 1. The predicted molar refractivity (Wildman–Crippen MR) is 89.1 cm³/mol. The van der Waals surface area contributed by atoms with E-state index in [0.717, 1.165) is 33.3 Å². The molecule has 21 heavy (non-hydrogen) atoms. The molecule has 3 N–H and O–H groups in total. The van der Waals surface area contributed by atoms with Crippen LogP contribution in [0.4, 0.5) is 5.69 Å². The summed E-state index contributed by atoms with van der Waals surface area (Å²) in [6.45, 7) is 2.80. The smallest absolute Gasteiger partial charge is 0.122 e. The lowest BCUT2D eigenvalue weighted by atomic mass is 10.3. The first kappa shape index (κ1) is 13.9. The number of nitrogens with one attached hydrogen (secondary N) is 1. The third-order valence-corrected chi connectivity index (χ3v) is 4.02. The van der Waals surface area contributed by atoms with Crippen molar-refractivity contribution < 1.29 is 4.74 Å². The van der Waals surface area contributed by atoms with Crippen LogP contribution in [-0.2, 0) is 0 Å². The molecule has 3 aromatic rings. The van der Waals surface area contributed by atoms with E-state index in [1.165, 1.54) is 5.39 Å². The molecule has 3 nitrogen and oxygen atoms in total. The lowest BCUT2D eigenvalue weighted by Crippen LogP contribution is -1.96. The van der Waals surface area contributed by atoms with E-state index in [9.17, 15) is 0 Å². The van der Waals surface area contributed by atoms with Gasteiger partial charge in [-0.3, -0.25) is 0 Å². The fourth-order valence-corrected chi connectivity index (χ4v) is 3.16. The molecule has 3 rings (SSSR count). The average Bonchev–Trinajstić information content (AvgIpc) is 2.86. The number of hydrogen-bond acceptors (Lipinski definition) is 3. The number of para-hydroxylation sites is 1. The molecule has 0 amide bonds. The summed E-state index contributed by atoms with van der Waals surface area (Å²) in [4.78, 5) is 4.48. The van der Waals surface area contributed by atoms with Crippen LogP contribution in [-0.4, -0.2) is 11.6 Å². The molecule has 1 aromatic heterocycles. The summed E-state index contributed by atoms with van der Waals surface area (Å²) in [6, 6.07) is 16.3. The van der Waals surface area contributed by atoms with Crippen LogP contribution < -0.4 is 10.5 Å². The minimum absolute atomic E-state index is 0.708. The molecule has 0 aliphatic rings. The number of H-pyrrole nitrogens is 1. The molecule has 0 fully saturated rings. The van der Waals surface area contributed by atoms with Crippen molar-refractivity contribution in [2.75, 3.05) is 12.3 Å². The monoisotopic (exact) mass is 298 g/mol. The van der Waals surface area contributed by atoms with Crippen molar-refractivity contribution in [3.05, 3.63) is 48.5 Å². The van der Waals surface area contributed by atoms with Crippen LogP contribution in [0, 0.1) is 0 Å². The minimum Gasteiger partial charge on any atom is -0.493 e. The Balaban J connectivity index is 1.84. The van der Waals surface area contributed by atoms with Gasteiger partial charge in [0.1, 0.15) is 5.75 Å². The maximum Gasteiger partial charge on any atom is 0.122 e. The van der Waals surface area contributed by atoms with E-state index in [-0.39, 0.29) is 0 Å². The lowest BCUT2D eigenvalue weighted by molar-refractivity contribution is 0.317. The molecule has 0 aliphatic carbocycles. The second kappa shape index (κ2) is 6.14. The second-order valence-corrected chi connectivity index (χ2v) is 6.02. The van der Waals surface area contributed by atoms with E-state index in [1.54, 1.807) is 11.8 Å². The Hall–Kier alpha value is -2.07. The molecule has 0 saturated heterocycles. The zero-order valence-corrected chi connectivity index (χ0v) is 12.7. The molecule has 0 atom stereocenters. The molecule has 0 spiro atoms. The van der Waals surface area contributed by atoms with Crippen LogP contribution in [0.15, 0.2) is 58.5 Å². The van der Waals surface area contributed by atoms with Crippen molar-refractivity contribution in [3.8, 4) is 5.75 Å². The Kier molecular flexibility index (Phi) is 4.06. The summed E-state index contributed by atoms with van der Waals surface area (Å²) in [5, 5.41) is 2.31. The highest BCUT2D eigenvalue weighted by atomic mass is 32.2. The maximum atomic E-state index is 5.96. The largest absolute Gasteiger partial charge is 0.493 e. The normalized spacial score (nSPS) is 10.9. The van der Waals surface area contributed by atoms with Crippen molar-refractivity contribution >= 4 is 28.4 Å². The number of fused-ring (bicyclic) bond motifs is 1. The molecular weight excluding hydrogens is 280 g/mol. The summed E-state index contributed by atoms with van der Waals surface area (Å²) >= 11 is 1.66. The Labute approximate surface area is 128 Å². The van der Waals surface area contributed by atoms with Crippen molar-refractivity contribution in [1.29, 1.82) is 0 Å². The van der Waals surface area contributed by atoms with Gasteiger partial charge in [0.25, 0.3) is 0 Å². The van der Waals surface area contributed by atoms with Crippen molar-refractivity contribution in [2.45, 2.75) is 23.3 Å². The molecule has 0 saturated carbocycles. The molecule has 108 valence electrons. The van der Waals surface area contributed by atoms with Crippen molar-refractivity contribution in [2.24, 2.45) is 0 Å². The number of hydrogen-bond donors (Lipinski definition) is 2. The van der Waals surface area contributed by atoms with E-state index < -0.39 is 0 Å². The van der Waals surface area contributed by atoms with E-state index in [2.05, 4.69) is 30.1 Å². The topological polar surface area (TPSA) is 51.0 Å². The van der Waals surface area contributed by atoms with Crippen molar-refractivity contribution in [3.63, 3.8) is 0 Å². The van der Waals surface area contributed by atoms with Gasteiger partial charge in [0.2, 0.25) is 0 Å². The number of nitrogen functional groups attached to an aromatic ring is 1. The fraction of sp³-hybridized carbons (Fsp3) is 0.176. The molecular formula is C17H18N2OS. The Morgan fingerprint density at radius 2 is 2.00 bits per heavy atom. The molecule has 1 heterocycles. The summed E-state index contributed by atoms with van der Waals surface area (Å²) in [5.74, 6) is 0.829. The van der Waals surface area contributed by atoms with E-state index >= 15 is 0 Å². The third-order valence-electron chi connectivity index (χ3n) is 3.11. The van der Waals surface area contributed by atoms with Gasteiger partial charge in [-0.05, 0) is 30.7 Å². The highest BCUT2D eigenvalue weighted by molar-refractivity contribution is 7.99. The summed E-state index contributed by atoms with van der Waals surface area (Å²) < 4.78 is 5.67. The number of aromatic nitrogens is 1. The number of rotatable bonds is 5. The van der Waals surface area contributed by atoms with Crippen LogP contribution in [0.5, 0.6) is 5.75 Å². The van der Waals surface area contributed by atoms with Gasteiger partial charge in [0, 0.05) is 27.6 Å². The zero-order valence-electron chi connectivity index (χ0n) is 11.9. The molecule has 2 aromatic carbocycles. The molecule has 0 aliphatic heterocycles. The predicted octanol–water partition coefficient (Wildman–Crippen LogP) is 4.69. The quantitative estimate of drug-likeness (QED) is 0.672. The molecule has 4 heteroatoms. The first-order valence-corrected chi connectivity index (χ1v) is 7.85. The van der Waals surface area contributed by atoms with Crippen LogP contribution >= 0.6 is 11.8 Å². The minimum atomic E-state index is 0.708. The Morgan fingerprint density at radius 1 is 1.14 bits per heavy atom. The van der Waals surface area contributed by atoms with Gasteiger partial charge >= 0.3 is 0 Å². The number of aromatic amines is 1. The van der Waals surface area contributed by atoms with Crippen molar-refractivity contribution in [1.82, 2.24) is 4.98 Å². The molecule has 0 bridgehead atoms. The van der Waals surface area contributed by atoms with Gasteiger partial charge in [-0.25, -0.2) is 0 Å². The SMILES string of the molecule is CCCOc1cc(N)cc(Sc2cc3ccccc3[nH]2)c1. The van der Waals surface area contributed by atoms with E-state index in [1.807, 2.05) is 30.3 Å². The van der Waals surface area contributed by atoms with Gasteiger partial charge in [-0.1, -0.05) is 36.9 Å². The highest BCUT2D eigenvalue weighted by Crippen LogP contribution is 2.33. The zero-order chi connectivity index (χ0) is 14.7. The van der Waals surface area contributed by atoms with E-state index in [4.69, 9.17) is 10.5 Å². The molecule has 0 radical (unpaired) electrons. The second-order valence-electron chi connectivity index (χ2n) is 4.91. The maximum absolute atomic E-state index is 5.96. The average molecular weight is 298 g/mol. The standard InChI is InChI=1S/C17H18N2OS/c1-2-7-20-14-9-13(18)10-15(11-14)21-17-8-12-5-3-4-6-16(12)19-17/h3-6,8-11,19H,2,7,18H2,1H3. The van der Waals surface area contributed by atoms with Gasteiger partial charge < -0.3 is 15.5 Å².